The Hall–Kier alpha value is -3.25. The number of rotatable bonds is 7. The Balaban J connectivity index is 1.23. The number of ether oxygens (including phenoxy) is 3. The Morgan fingerprint density at radius 2 is 1.90 bits per heavy atom. The molecule has 4 aliphatic rings. The van der Waals surface area contributed by atoms with Gasteiger partial charge in [-0.3, -0.25) is 24.4 Å². The average Bonchev–Trinajstić information content (AvgIpc) is 3.74. The lowest BCUT2D eigenvalue weighted by molar-refractivity contribution is -0.177. The Morgan fingerprint density at radius 1 is 1.10 bits per heavy atom. The van der Waals surface area contributed by atoms with Crippen LogP contribution in [-0.4, -0.2) is 82.5 Å². The molecular formula is C37H45ClN4O6S. The van der Waals surface area contributed by atoms with Crippen LogP contribution in [0.15, 0.2) is 30.5 Å². The van der Waals surface area contributed by atoms with Crippen molar-refractivity contribution in [2.75, 3.05) is 31.2 Å². The fourth-order valence-corrected chi connectivity index (χ4v) is 9.10. The van der Waals surface area contributed by atoms with Crippen LogP contribution in [0.4, 0.5) is 10.5 Å². The third-order valence-corrected chi connectivity index (χ3v) is 11.4. The fourth-order valence-electron chi connectivity index (χ4n) is 7.73. The molecule has 12 heteroatoms. The second-order valence-electron chi connectivity index (χ2n) is 15.0. The number of fused-ring (bicyclic) bond motifs is 2. The molecule has 3 amide bonds. The fraction of sp³-hybridized carbons (Fsp3) is 0.568. The number of thiophene rings is 1. The first-order valence-electron chi connectivity index (χ1n) is 17.4. The van der Waals surface area contributed by atoms with E-state index in [0.29, 0.717) is 31.2 Å². The summed E-state index contributed by atoms with van der Waals surface area (Å²) in [4.78, 5) is 49.8. The van der Waals surface area contributed by atoms with E-state index in [1.165, 1.54) is 10.5 Å². The molecule has 0 N–H and O–H groups in total. The largest absolute Gasteiger partial charge is 0.444 e. The number of carbonyl (C=O) groups excluding carboxylic acids is 3. The number of imide groups is 1. The SMILES string of the molecule is CC(C)(C)OC(=O)N1C[C@@H](N2CCCc3cc(Cl)cc(-c4ccnc5cc(CN6C(=O)CCC6=O)sc45)c32)C[C@@]1(C)CO[C@H]1CCCCO1. The third kappa shape index (κ3) is 7.04. The predicted molar refractivity (Wildman–Crippen MR) is 190 cm³/mol. The highest BCUT2D eigenvalue weighted by Gasteiger charge is 2.49. The van der Waals surface area contributed by atoms with Crippen molar-refractivity contribution in [2.24, 2.45) is 0 Å². The molecule has 0 radical (unpaired) electrons. The zero-order valence-corrected chi connectivity index (χ0v) is 30.3. The Labute approximate surface area is 296 Å². The van der Waals surface area contributed by atoms with Gasteiger partial charge in [0.1, 0.15) is 5.60 Å². The number of carbonyl (C=O) groups is 3. The molecule has 0 spiro atoms. The summed E-state index contributed by atoms with van der Waals surface area (Å²) in [5.41, 5.74) is 3.90. The molecule has 4 aliphatic heterocycles. The molecular weight excluding hydrogens is 664 g/mol. The number of aryl methyl sites for hydroxylation is 1. The summed E-state index contributed by atoms with van der Waals surface area (Å²) in [6, 6.07) is 8.12. The quantitative estimate of drug-likeness (QED) is 0.235. The Morgan fingerprint density at radius 3 is 2.63 bits per heavy atom. The number of aromatic nitrogens is 1. The lowest BCUT2D eigenvalue weighted by Gasteiger charge is -2.38. The van der Waals surface area contributed by atoms with Gasteiger partial charge in [0.2, 0.25) is 11.8 Å². The predicted octanol–water partition coefficient (Wildman–Crippen LogP) is 7.33. The lowest BCUT2D eigenvalue weighted by atomic mass is 9.91. The van der Waals surface area contributed by atoms with E-state index >= 15 is 0 Å². The number of anilines is 1. The van der Waals surface area contributed by atoms with Gasteiger partial charge in [-0.1, -0.05) is 11.6 Å². The molecule has 0 unspecified atom stereocenters. The maximum absolute atomic E-state index is 13.8. The molecule has 3 saturated heterocycles. The van der Waals surface area contributed by atoms with Crippen molar-refractivity contribution < 1.29 is 28.6 Å². The summed E-state index contributed by atoms with van der Waals surface area (Å²) < 4.78 is 19.2. The molecule has 49 heavy (non-hydrogen) atoms. The van der Waals surface area contributed by atoms with Crippen molar-refractivity contribution >= 4 is 56.7 Å². The number of halogens is 1. The van der Waals surface area contributed by atoms with Crippen LogP contribution in [0.1, 0.15) is 83.1 Å². The number of amides is 3. The van der Waals surface area contributed by atoms with E-state index < -0.39 is 11.1 Å². The van der Waals surface area contributed by atoms with Gasteiger partial charge in [-0.25, -0.2) is 4.79 Å². The number of nitrogens with zero attached hydrogens (tertiary/aromatic N) is 4. The molecule has 262 valence electrons. The summed E-state index contributed by atoms with van der Waals surface area (Å²) in [6.07, 6.45) is 7.26. The van der Waals surface area contributed by atoms with Crippen LogP contribution in [0.3, 0.4) is 0 Å². The van der Waals surface area contributed by atoms with Crippen molar-refractivity contribution in [1.82, 2.24) is 14.8 Å². The van der Waals surface area contributed by atoms with Gasteiger partial charge in [0.15, 0.2) is 6.29 Å². The van der Waals surface area contributed by atoms with Crippen molar-refractivity contribution in [3.05, 3.63) is 45.9 Å². The summed E-state index contributed by atoms with van der Waals surface area (Å²) in [5, 5.41) is 0.665. The molecule has 3 atom stereocenters. The third-order valence-electron chi connectivity index (χ3n) is 10.0. The number of hydrogen-bond donors (Lipinski definition) is 0. The Bertz CT molecular complexity index is 1750. The first-order valence-corrected chi connectivity index (χ1v) is 18.6. The summed E-state index contributed by atoms with van der Waals surface area (Å²) >= 11 is 8.38. The number of hydrogen-bond acceptors (Lipinski definition) is 9. The maximum atomic E-state index is 13.8. The van der Waals surface area contributed by atoms with Gasteiger partial charge >= 0.3 is 6.09 Å². The number of benzene rings is 1. The van der Waals surface area contributed by atoms with Gasteiger partial charge in [0, 0.05) is 71.5 Å². The average molecular weight is 709 g/mol. The summed E-state index contributed by atoms with van der Waals surface area (Å²) in [7, 11) is 0. The minimum atomic E-state index is -0.632. The monoisotopic (exact) mass is 708 g/mol. The van der Waals surface area contributed by atoms with Gasteiger partial charge in [0.05, 0.1) is 28.9 Å². The minimum Gasteiger partial charge on any atom is -0.444 e. The highest BCUT2D eigenvalue weighted by atomic mass is 35.5. The van der Waals surface area contributed by atoms with Gasteiger partial charge in [-0.2, -0.15) is 0 Å². The molecule has 6 heterocycles. The summed E-state index contributed by atoms with van der Waals surface area (Å²) in [6.45, 7) is 10.4. The molecule has 3 aromatic rings. The van der Waals surface area contributed by atoms with Crippen molar-refractivity contribution in [2.45, 2.75) is 109 Å². The van der Waals surface area contributed by atoms with Crippen LogP contribution in [0.5, 0.6) is 0 Å². The van der Waals surface area contributed by atoms with Crippen molar-refractivity contribution in [1.29, 1.82) is 0 Å². The molecule has 7 rings (SSSR count). The molecule has 1 aromatic carbocycles. The first kappa shape index (κ1) is 34.2. The standard InChI is InChI=1S/C37H45ClN4O6S/c1-36(2,3)48-35(45)42-20-25(19-37(42,4)22-47-32-9-5-6-15-46-32)40-14-7-8-23-16-24(38)17-28(33(23)40)27-12-13-39-29-18-26(49-34(27)29)21-41-30(43)10-11-31(41)44/h12-13,16-18,25,32H,5-11,14-15,19-22H2,1-4H3/t25-,32-,37-/m0/s1. The van der Waals surface area contributed by atoms with Crippen molar-refractivity contribution in [3.8, 4) is 11.1 Å². The topological polar surface area (TPSA) is 102 Å². The van der Waals surface area contributed by atoms with E-state index in [4.69, 9.17) is 25.8 Å². The molecule has 3 fully saturated rings. The minimum absolute atomic E-state index is 0.00999. The highest BCUT2D eigenvalue weighted by molar-refractivity contribution is 7.19. The molecule has 10 nitrogen and oxygen atoms in total. The second kappa shape index (κ2) is 13.5. The van der Waals surface area contributed by atoms with E-state index in [1.807, 2.05) is 50.1 Å². The van der Waals surface area contributed by atoms with E-state index in [-0.39, 0.29) is 49.6 Å². The van der Waals surface area contributed by atoms with E-state index in [2.05, 4.69) is 22.9 Å². The van der Waals surface area contributed by atoms with Crippen LogP contribution < -0.4 is 4.90 Å². The van der Waals surface area contributed by atoms with Crippen LogP contribution in [0.25, 0.3) is 21.3 Å². The summed E-state index contributed by atoms with van der Waals surface area (Å²) in [5.74, 6) is -0.258. The number of pyridine rings is 1. The first-order chi connectivity index (χ1) is 23.4. The van der Waals surface area contributed by atoms with Gasteiger partial charge in [0.25, 0.3) is 0 Å². The molecule has 0 saturated carbocycles. The van der Waals surface area contributed by atoms with Crippen LogP contribution >= 0.6 is 22.9 Å². The normalized spacial score (nSPS) is 24.6. The Kier molecular flexibility index (Phi) is 9.40. The van der Waals surface area contributed by atoms with Gasteiger partial charge in [-0.05, 0) is 96.0 Å². The highest BCUT2D eigenvalue weighted by Crippen LogP contribution is 2.46. The zero-order valence-electron chi connectivity index (χ0n) is 28.8. The number of likely N-dealkylation sites (tertiary alicyclic amines) is 2. The lowest BCUT2D eigenvalue weighted by Crippen LogP contribution is -2.50. The molecule has 2 aromatic heterocycles. The van der Waals surface area contributed by atoms with Crippen LogP contribution in [-0.2, 0) is 36.8 Å². The van der Waals surface area contributed by atoms with Crippen molar-refractivity contribution in [3.63, 3.8) is 0 Å². The zero-order chi connectivity index (χ0) is 34.5. The smallest absolute Gasteiger partial charge is 0.410 e. The van der Waals surface area contributed by atoms with E-state index in [0.717, 1.165) is 70.6 Å². The van der Waals surface area contributed by atoms with Gasteiger partial charge in [-0.15, -0.1) is 11.3 Å². The van der Waals surface area contributed by atoms with Gasteiger partial charge < -0.3 is 19.1 Å². The van der Waals surface area contributed by atoms with Crippen LogP contribution in [0.2, 0.25) is 5.02 Å². The van der Waals surface area contributed by atoms with Crippen LogP contribution in [0, 0.1) is 0 Å². The molecule has 0 aliphatic carbocycles. The molecule has 0 bridgehead atoms. The van der Waals surface area contributed by atoms with E-state index in [9.17, 15) is 14.4 Å². The second-order valence-corrected chi connectivity index (χ2v) is 16.5. The maximum Gasteiger partial charge on any atom is 0.410 e. The van der Waals surface area contributed by atoms with E-state index in [1.54, 1.807) is 11.3 Å².